The van der Waals surface area contributed by atoms with Gasteiger partial charge in [0.15, 0.2) is 16.3 Å². The van der Waals surface area contributed by atoms with Crippen molar-refractivity contribution in [1.29, 1.82) is 0 Å². The van der Waals surface area contributed by atoms with Gasteiger partial charge >= 0.3 is 5.97 Å². The lowest BCUT2D eigenvalue weighted by atomic mass is 10.2. The van der Waals surface area contributed by atoms with Crippen molar-refractivity contribution in [2.75, 3.05) is 12.9 Å². The van der Waals surface area contributed by atoms with Crippen LogP contribution < -0.4 is 0 Å². The maximum atomic E-state index is 11.7. The first-order valence-electron chi connectivity index (χ1n) is 5.40. The minimum atomic E-state index is -3.29. The third-order valence-corrected chi connectivity index (χ3v) is 5.80. The lowest BCUT2D eigenvalue weighted by molar-refractivity contribution is 0.0518. The van der Waals surface area contributed by atoms with E-state index in [1.54, 1.807) is 6.92 Å². The fourth-order valence-corrected chi connectivity index (χ4v) is 5.35. The quantitative estimate of drug-likeness (QED) is 0.503. The Labute approximate surface area is 122 Å². The summed E-state index contributed by atoms with van der Waals surface area (Å²) in [4.78, 5) is 29.5. The van der Waals surface area contributed by atoms with Crippen molar-refractivity contribution in [3.63, 3.8) is 0 Å². The number of nitrogens with one attached hydrogen (secondary N) is 1. The average Bonchev–Trinajstić information content (AvgIpc) is 2.83. The van der Waals surface area contributed by atoms with E-state index in [-0.39, 0.29) is 22.2 Å². The smallest absolute Gasteiger partial charge is 0.355 e. The van der Waals surface area contributed by atoms with Crippen LogP contribution in [0.4, 0.5) is 0 Å². The summed E-state index contributed by atoms with van der Waals surface area (Å²) in [5.74, 6) is -0.642. The fraction of sp³-hybridized carbons (Fsp3) is 0.300. The predicted octanol–water partition coefficient (Wildman–Crippen LogP) is 1.67. The molecule has 0 aromatic carbocycles. The molecule has 0 radical (unpaired) electrons. The van der Waals surface area contributed by atoms with Gasteiger partial charge < -0.3 is 9.72 Å². The van der Waals surface area contributed by atoms with Crippen LogP contribution in [0.25, 0.3) is 10.3 Å². The summed E-state index contributed by atoms with van der Waals surface area (Å²) in [6.45, 7) is 1.84. The number of hydrogen-bond acceptors (Lipinski definition) is 8. The van der Waals surface area contributed by atoms with Gasteiger partial charge in [0, 0.05) is 17.0 Å². The summed E-state index contributed by atoms with van der Waals surface area (Å²) in [6, 6.07) is 0. The van der Waals surface area contributed by atoms with E-state index >= 15 is 0 Å². The lowest BCUT2D eigenvalue weighted by Crippen LogP contribution is -2.07. The van der Waals surface area contributed by atoms with Gasteiger partial charge in [0.1, 0.15) is 5.69 Å². The van der Waals surface area contributed by atoms with Gasteiger partial charge in [0.25, 0.3) is 0 Å². The number of H-pyrrole nitrogens is 1. The van der Waals surface area contributed by atoms with Crippen molar-refractivity contribution >= 4 is 53.6 Å². The van der Waals surface area contributed by atoms with Crippen LogP contribution in [0.15, 0.2) is 4.34 Å². The first-order valence-corrected chi connectivity index (χ1v) is 9.44. The van der Waals surface area contributed by atoms with Gasteiger partial charge in [0.2, 0.25) is 8.87 Å². The highest BCUT2D eigenvalue weighted by molar-refractivity contribution is 8.72. The Bertz CT molecular complexity index is 774. The normalized spacial score (nSPS) is 11.7. The summed E-state index contributed by atoms with van der Waals surface area (Å²) >= 11 is 1.03. The van der Waals surface area contributed by atoms with Gasteiger partial charge in [-0.25, -0.2) is 18.2 Å². The third-order valence-electron chi connectivity index (χ3n) is 2.18. The van der Waals surface area contributed by atoms with E-state index in [1.807, 2.05) is 0 Å². The highest BCUT2D eigenvalue weighted by Crippen LogP contribution is 2.34. The molecule has 0 saturated carbocycles. The molecule has 2 rings (SSSR count). The van der Waals surface area contributed by atoms with E-state index in [0.717, 1.165) is 17.6 Å². The number of nitrogens with zero attached hydrogens (tertiary/aromatic N) is 1. The zero-order valence-electron chi connectivity index (χ0n) is 10.5. The van der Waals surface area contributed by atoms with Crippen LogP contribution in [0.2, 0.25) is 0 Å². The number of carbonyl (C=O) groups excluding carboxylic acids is 2. The lowest BCUT2D eigenvalue weighted by Gasteiger charge is -1.99. The Kier molecular flexibility index (Phi) is 4.16. The van der Waals surface area contributed by atoms with Crippen molar-refractivity contribution in [1.82, 2.24) is 9.97 Å². The van der Waals surface area contributed by atoms with E-state index in [2.05, 4.69) is 9.97 Å². The molecule has 0 unspecified atom stereocenters. The van der Waals surface area contributed by atoms with Crippen LogP contribution in [-0.2, 0) is 13.6 Å². The number of rotatable bonds is 5. The number of hydrogen-bond donors (Lipinski definition) is 1. The molecule has 2 aromatic heterocycles. The molecule has 1 N–H and O–H groups in total. The Morgan fingerprint density at radius 1 is 1.55 bits per heavy atom. The molecule has 2 aromatic rings. The molecule has 0 fully saturated rings. The molecule has 10 heteroatoms. The zero-order chi connectivity index (χ0) is 14.9. The maximum absolute atomic E-state index is 11.7. The number of aromatic nitrogens is 2. The third kappa shape index (κ3) is 3.02. The predicted molar refractivity (Wildman–Crippen MR) is 76.0 cm³/mol. The molecule has 108 valence electrons. The molecule has 20 heavy (non-hydrogen) atoms. The Hall–Kier alpha value is -1.39. The topological polar surface area (TPSA) is 106 Å². The molecular formula is C10H10N2O5S3. The van der Waals surface area contributed by atoms with E-state index < -0.39 is 14.8 Å². The Balaban J connectivity index is 2.48. The van der Waals surface area contributed by atoms with Crippen molar-refractivity contribution in [2.24, 2.45) is 0 Å². The van der Waals surface area contributed by atoms with Crippen LogP contribution in [0.1, 0.15) is 27.8 Å². The zero-order valence-corrected chi connectivity index (χ0v) is 12.9. The largest absolute Gasteiger partial charge is 0.461 e. The standard InChI is InChI=1S/C10H10N2O5S3/c1-3-17-9(14)6-5(4-13)7-8(11-6)12-10(18-7)19-20(2,15)16/h4,11H,3H2,1-2H3. The number of carbonyl (C=O) groups is 2. The first kappa shape index (κ1) is 15.0. The summed E-state index contributed by atoms with van der Waals surface area (Å²) < 4.78 is 27.9. The van der Waals surface area contributed by atoms with Crippen molar-refractivity contribution in [3.8, 4) is 0 Å². The molecular weight excluding hydrogens is 324 g/mol. The monoisotopic (exact) mass is 334 g/mol. The second-order valence-corrected chi connectivity index (χ2v) is 9.23. The van der Waals surface area contributed by atoms with Crippen molar-refractivity contribution < 1.29 is 22.7 Å². The summed E-state index contributed by atoms with van der Waals surface area (Å²) in [5.41, 5.74) is 0.467. The highest BCUT2D eigenvalue weighted by Gasteiger charge is 2.22. The number of thiazole rings is 1. The summed E-state index contributed by atoms with van der Waals surface area (Å²) in [6.07, 6.45) is 1.59. The average molecular weight is 334 g/mol. The van der Waals surface area contributed by atoms with Gasteiger partial charge in [-0.3, -0.25) is 4.79 Å². The van der Waals surface area contributed by atoms with E-state index in [9.17, 15) is 18.0 Å². The van der Waals surface area contributed by atoms with E-state index in [4.69, 9.17) is 4.74 Å². The fourth-order valence-electron chi connectivity index (χ4n) is 1.51. The van der Waals surface area contributed by atoms with Gasteiger partial charge in [-0.05, 0) is 6.92 Å². The number of aromatic amines is 1. The van der Waals surface area contributed by atoms with Gasteiger partial charge in [0.05, 0.1) is 16.9 Å². The first-order chi connectivity index (χ1) is 9.35. The summed E-state index contributed by atoms with van der Waals surface area (Å²) in [5, 5.41) is 0. The van der Waals surface area contributed by atoms with Crippen LogP contribution in [0.3, 0.4) is 0 Å². The molecule has 0 saturated heterocycles. The highest BCUT2D eigenvalue weighted by atomic mass is 33.1. The number of ether oxygens (including phenoxy) is 1. The number of aldehydes is 1. The minimum Gasteiger partial charge on any atom is -0.461 e. The second kappa shape index (κ2) is 5.54. The van der Waals surface area contributed by atoms with Crippen LogP contribution >= 0.6 is 22.1 Å². The summed E-state index contributed by atoms with van der Waals surface area (Å²) in [7, 11) is -2.68. The van der Waals surface area contributed by atoms with E-state index in [0.29, 0.717) is 27.4 Å². The molecule has 0 aliphatic rings. The molecule has 7 nitrogen and oxygen atoms in total. The van der Waals surface area contributed by atoms with Gasteiger partial charge in [-0.2, -0.15) is 0 Å². The van der Waals surface area contributed by atoms with E-state index in [1.165, 1.54) is 0 Å². The Morgan fingerprint density at radius 3 is 2.80 bits per heavy atom. The molecule has 0 bridgehead atoms. The van der Waals surface area contributed by atoms with Crippen molar-refractivity contribution in [3.05, 3.63) is 11.3 Å². The molecule has 0 spiro atoms. The van der Waals surface area contributed by atoms with Gasteiger partial charge in [-0.15, -0.1) is 11.3 Å². The molecule has 0 aliphatic carbocycles. The minimum absolute atomic E-state index is 0.0338. The number of esters is 1. The van der Waals surface area contributed by atoms with Crippen molar-refractivity contribution in [2.45, 2.75) is 11.3 Å². The van der Waals surface area contributed by atoms with Crippen LogP contribution in [0, 0.1) is 0 Å². The molecule has 0 amide bonds. The van der Waals surface area contributed by atoms with Gasteiger partial charge in [-0.1, -0.05) is 0 Å². The van der Waals surface area contributed by atoms with Crippen LogP contribution in [0.5, 0.6) is 0 Å². The molecule has 0 atom stereocenters. The number of fused-ring (bicyclic) bond motifs is 1. The molecule has 0 aliphatic heterocycles. The SMILES string of the molecule is CCOC(=O)c1[nH]c2nc(SS(C)(=O)=O)sc2c1C=O. The maximum Gasteiger partial charge on any atom is 0.355 e. The van der Waals surface area contributed by atoms with Crippen LogP contribution in [-0.4, -0.2) is 43.5 Å². The Morgan fingerprint density at radius 2 is 2.25 bits per heavy atom. The molecule has 2 heterocycles. The second-order valence-electron chi connectivity index (χ2n) is 3.70.